The molecule has 6 heteroatoms. The highest BCUT2D eigenvalue weighted by molar-refractivity contribution is 7.89. The van der Waals surface area contributed by atoms with Crippen molar-refractivity contribution in [3.63, 3.8) is 0 Å². The molecule has 0 spiro atoms. The van der Waals surface area contributed by atoms with E-state index in [4.69, 9.17) is 0 Å². The molecule has 0 amide bonds. The van der Waals surface area contributed by atoms with Crippen molar-refractivity contribution in [1.29, 1.82) is 0 Å². The third-order valence-electron chi connectivity index (χ3n) is 5.23. The second kappa shape index (κ2) is 6.33. The predicted octanol–water partition coefficient (Wildman–Crippen LogP) is 2.30. The van der Waals surface area contributed by atoms with Gasteiger partial charge in [-0.25, -0.2) is 18.1 Å². The van der Waals surface area contributed by atoms with Gasteiger partial charge in [0.15, 0.2) is 0 Å². The lowest BCUT2D eigenvalue weighted by Gasteiger charge is -2.24. The summed E-state index contributed by atoms with van der Waals surface area (Å²) in [4.78, 5) is 4.72. The molecule has 0 radical (unpaired) electrons. The molecule has 1 aliphatic heterocycles. The quantitative estimate of drug-likeness (QED) is 0.925. The van der Waals surface area contributed by atoms with Crippen LogP contribution in [-0.4, -0.2) is 24.5 Å². The Morgan fingerprint density at radius 3 is 2.88 bits per heavy atom. The van der Waals surface area contributed by atoms with Crippen molar-refractivity contribution in [2.45, 2.75) is 50.0 Å². The number of hydrogen-bond donors (Lipinski definition) is 1. The fraction of sp³-hybridized carbons (Fsp3) is 0.500. The zero-order valence-corrected chi connectivity index (χ0v) is 14.6. The Labute approximate surface area is 143 Å². The fourth-order valence-electron chi connectivity index (χ4n) is 3.79. The highest BCUT2D eigenvalue weighted by atomic mass is 32.2. The van der Waals surface area contributed by atoms with Gasteiger partial charge in [-0.2, -0.15) is 0 Å². The smallest absolute Gasteiger partial charge is 0.240 e. The maximum Gasteiger partial charge on any atom is 0.240 e. The molecule has 0 fully saturated rings. The molecular weight excluding hydrogens is 322 g/mol. The summed E-state index contributed by atoms with van der Waals surface area (Å²) in [7, 11) is -3.43. The van der Waals surface area contributed by atoms with Gasteiger partial charge in [0, 0.05) is 31.9 Å². The standard InChI is InChI=1S/C18H23N3O2S/c22-24(23,17-7-6-15-3-1-2-4-16(15)11-17)20-12-14-5-8-18-19-9-10-21(18)13-14/h6-7,9-11,14,20H,1-5,8,12-13H2/t14-/m0/s1. The molecule has 2 aromatic rings. The zero-order valence-electron chi connectivity index (χ0n) is 13.7. The number of hydrogen-bond acceptors (Lipinski definition) is 3. The van der Waals surface area contributed by atoms with E-state index >= 15 is 0 Å². The minimum atomic E-state index is -3.43. The summed E-state index contributed by atoms with van der Waals surface area (Å²) in [6.07, 6.45) is 10.1. The van der Waals surface area contributed by atoms with Crippen LogP contribution in [-0.2, 0) is 35.8 Å². The Morgan fingerprint density at radius 2 is 2.00 bits per heavy atom. The van der Waals surface area contributed by atoms with E-state index in [0.29, 0.717) is 17.4 Å². The Bertz CT molecular complexity index is 842. The van der Waals surface area contributed by atoms with Gasteiger partial charge in [0.1, 0.15) is 5.82 Å². The molecule has 0 unspecified atom stereocenters. The van der Waals surface area contributed by atoms with Crippen LogP contribution < -0.4 is 4.72 Å². The lowest BCUT2D eigenvalue weighted by Crippen LogP contribution is -2.33. The van der Waals surface area contributed by atoms with Crippen LogP contribution in [0.15, 0.2) is 35.5 Å². The van der Waals surface area contributed by atoms with Crippen molar-refractivity contribution in [2.24, 2.45) is 5.92 Å². The molecule has 1 atom stereocenters. The van der Waals surface area contributed by atoms with Crippen LogP contribution in [0.25, 0.3) is 0 Å². The second-order valence-corrected chi connectivity index (χ2v) is 8.66. The fourth-order valence-corrected chi connectivity index (χ4v) is 4.96. The maximum atomic E-state index is 12.6. The predicted molar refractivity (Wildman–Crippen MR) is 92.3 cm³/mol. The number of nitrogens with zero attached hydrogens (tertiary/aromatic N) is 2. The van der Waals surface area contributed by atoms with E-state index in [1.165, 1.54) is 17.5 Å². The summed E-state index contributed by atoms with van der Waals surface area (Å²) in [5.41, 5.74) is 2.50. The van der Waals surface area contributed by atoms with Crippen LogP contribution in [0.3, 0.4) is 0 Å². The van der Waals surface area contributed by atoms with Gasteiger partial charge in [-0.15, -0.1) is 0 Å². The summed E-state index contributed by atoms with van der Waals surface area (Å²) in [5.74, 6) is 1.42. The molecule has 1 aliphatic carbocycles. The monoisotopic (exact) mass is 345 g/mol. The van der Waals surface area contributed by atoms with E-state index in [9.17, 15) is 8.42 Å². The Kier molecular flexibility index (Phi) is 4.18. The van der Waals surface area contributed by atoms with Gasteiger partial charge < -0.3 is 4.57 Å². The van der Waals surface area contributed by atoms with Gasteiger partial charge in [0.25, 0.3) is 0 Å². The first-order valence-electron chi connectivity index (χ1n) is 8.73. The Hall–Kier alpha value is -1.66. The van der Waals surface area contributed by atoms with Crippen LogP contribution in [0.5, 0.6) is 0 Å². The molecule has 128 valence electrons. The highest BCUT2D eigenvalue weighted by Gasteiger charge is 2.22. The molecule has 4 rings (SSSR count). The SMILES string of the molecule is O=S(=O)(NC[C@@H]1CCc2nccn2C1)c1ccc2c(c1)CCCC2. The van der Waals surface area contributed by atoms with E-state index in [-0.39, 0.29) is 0 Å². The van der Waals surface area contributed by atoms with Crippen molar-refractivity contribution < 1.29 is 8.42 Å². The van der Waals surface area contributed by atoms with Crippen molar-refractivity contribution >= 4 is 10.0 Å². The molecule has 1 aromatic heterocycles. The first kappa shape index (κ1) is 15.8. The van der Waals surface area contributed by atoms with Crippen LogP contribution >= 0.6 is 0 Å². The minimum Gasteiger partial charge on any atom is -0.335 e. The second-order valence-electron chi connectivity index (χ2n) is 6.89. The summed E-state index contributed by atoms with van der Waals surface area (Å²) >= 11 is 0. The van der Waals surface area contributed by atoms with Gasteiger partial charge >= 0.3 is 0 Å². The molecule has 2 heterocycles. The van der Waals surface area contributed by atoms with Gasteiger partial charge in [-0.1, -0.05) is 6.07 Å². The third kappa shape index (κ3) is 3.13. The number of fused-ring (bicyclic) bond motifs is 2. The summed E-state index contributed by atoms with van der Waals surface area (Å²) in [6.45, 7) is 1.32. The van der Waals surface area contributed by atoms with Crippen LogP contribution in [0.1, 0.15) is 36.2 Å². The molecule has 0 saturated heterocycles. The van der Waals surface area contributed by atoms with Gasteiger partial charge in [0.05, 0.1) is 4.90 Å². The molecule has 1 aromatic carbocycles. The van der Waals surface area contributed by atoms with E-state index in [2.05, 4.69) is 14.3 Å². The third-order valence-corrected chi connectivity index (χ3v) is 6.65. The summed E-state index contributed by atoms with van der Waals surface area (Å²) in [5, 5.41) is 0. The lowest BCUT2D eigenvalue weighted by atomic mass is 9.92. The zero-order chi connectivity index (χ0) is 16.6. The molecular formula is C18H23N3O2S. The van der Waals surface area contributed by atoms with E-state index in [1.807, 2.05) is 24.5 Å². The van der Waals surface area contributed by atoms with E-state index < -0.39 is 10.0 Å². The minimum absolute atomic E-state index is 0.319. The average Bonchev–Trinajstić information content (AvgIpc) is 3.07. The summed E-state index contributed by atoms with van der Waals surface area (Å²) < 4.78 is 30.2. The van der Waals surface area contributed by atoms with E-state index in [0.717, 1.165) is 44.5 Å². The Morgan fingerprint density at radius 1 is 1.17 bits per heavy atom. The normalized spacial score (nSPS) is 20.4. The van der Waals surface area contributed by atoms with Crippen molar-refractivity contribution in [2.75, 3.05) is 6.54 Å². The van der Waals surface area contributed by atoms with Gasteiger partial charge in [-0.05, 0) is 61.3 Å². The molecule has 0 bridgehead atoms. The van der Waals surface area contributed by atoms with Crippen molar-refractivity contribution in [3.8, 4) is 0 Å². The van der Waals surface area contributed by atoms with Crippen LogP contribution in [0.4, 0.5) is 0 Å². The topological polar surface area (TPSA) is 64.0 Å². The molecule has 1 N–H and O–H groups in total. The van der Waals surface area contributed by atoms with Crippen LogP contribution in [0, 0.1) is 5.92 Å². The Balaban J connectivity index is 1.44. The van der Waals surface area contributed by atoms with Gasteiger partial charge in [0.2, 0.25) is 10.0 Å². The van der Waals surface area contributed by atoms with Crippen LogP contribution in [0.2, 0.25) is 0 Å². The van der Waals surface area contributed by atoms with Crippen molar-refractivity contribution in [1.82, 2.24) is 14.3 Å². The molecule has 2 aliphatic rings. The number of imidazole rings is 1. The first-order valence-corrected chi connectivity index (χ1v) is 10.2. The summed E-state index contributed by atoms with van der Waals surface area (Å²) in [6, 6.07) is 5.61. The number of aryl methyl sites for hydroxylation is 3. The number of sulfonamides is 1. The lowest BCUT2D eigenvalue weighted by molar-refractivity contribution is 0.363. The first-order chi connectivity index (χ1) is 11.6. The molecule has 5 nitrogen and oxygen atoms in total. The largest absolute Gasteiger partial charge is 0.335 e. The number of nitrogens with one attached hydrogen (secondary N) is 1. The van der Waals surface area contributed by atoms with Gasteiger partial charge in [-0.3, -0.25) is 0 Å². The highest BCUT2D eigenvalue weighted by Crippen LogP contribution is 2.24. The molecule has 24 heavy (non-hydrogen) atoms. The van der Waals surface area contributed by atoms with Crippen molar-refractivity contribution in [3.05, 3.63) is 47.5 Å². The average molecular weight is 345 g/mol. The number of rotatable bonds is 4. The number of benzene rings is 1. The maximum absolute atomic E-state index is 12.6. The molecule has 0 saturated carbocycles. The number of aromatic nitrogens is 2. The van der Waals surface area contributed by atoms with E-state index in [1.54, 1.807) is 6.07 Å².